The van der Waals surface area contributed by atoms with E-state index in [-0.39, 0.29) is 17.1 Å². The van der Waals surface area contributed by atoms with Gasteiger partial charge in [0.25, 0.3) is 0 Å². The smallest absolute Gasteiger partial charge is 0.600 e. The average molecular weight is 313 g/mol. The van der Waals surface area contributed by atoms with E-state index in [1.165, 1.54) is 12.1 Å². The minimum absolute atomic E-state index is 0. The van der Waals surface area contributed by atoms with Crippen molar-refractivity contribution in [1.82, 2.24) is 0 Å². The molecule has 0 amide bonds. The fourth-order valence-corrected chi connectivity index (χ4v) is 4.08. The van der Waals surface area contributed by atoms with E-state index in [2.05, 4.69) is 0 Å². The van der Waals surface area contributed by atoms with Crippen molar-refractivity contribution >= 4 is 20.6 Å². The second-order valence-electron chi connectivity index (χ2n) is 5.19. The van der Waals surface area contributed by atoms with E-state index in [0.29, 0.717) is 10.3 Å². The fourth-order valence-electron chi connectivity index (χ4n) is 1.89. The summed E-state index contributed by atoms with van der Waals surface area (Å²) in [4.78, 5) is 0.315. The van der Waals surface area contributed by atoms with Crippen LogP contribution in [-0.4, -0.2) is 0 Å². The molecule has 0 aliphatic heterocycles. The average Bonchev–Trinajstić information content (AvgIpc) is 2.54. The van der Waals surface area contributed by atoms with Crippen molar-refractivity contribution in [3.05, 3.63) is 35.0 Å². The molecule has 0 aliphatic carbocycles. The minimum Gasteiger partial charge on any atom is -1.00 e. The van der Waals surface area contributed by atoms with E-state index in [4.69, 9.17) is 0 Å². The Morgan fingerprint density at radius 3 is 2.05 bits per heavy atom. The van der Waals surface area contributed by atoms with E-state index >= 15 is 0 Å². The maximum Gasteiger partial charge on any atom is 0.600 e. The van der Waals surface area contributed by atoms with E-state index in [1.807, 2.05) is 0 Å². The number of rotatable bonds is 0. The van der Waals surface area contributed by atoms with E-state index < -0.39 is 27.2 Å². The summed E-state index contributed by atoms with van der Waals surface area (Å²) in [6.07, 6.45) is 0. The lowest BCUT2D eigenvalue weighted by Crippen LogP contribution is -3.00. The molecule has 106 valence electrons. The fraction of sp³-hybridized carbons (Fsp3) is 0.385. The summed E-state index contributed by atoms with van der Waals surface area (Å²) in [7, 11) is -2.02. The molecule has 6 heteroatoms. The Hall–Kier alpha value is -0.810. The number of benzene rings is 1. The van der Waals surface area contributed by atoms with Gasteiger partial charge in [0, 0.05) is 22.9 Å². The van der Waals surface area contributed by atoms with Gasteiger partial charge in [-0.05, 0) is 12.1 Å². The van der Waals surface area contributed by atoms with Crippen molar-refractivity contribution in [2.75, 3.05) is 0 Å². The normalized spacial score (nSPS) is 13.5. The van der Waals surface area contributed by atoms with Gasteiger partial charge in [-0.1, -0.05) is 20.8 Å². The summed E-state index contributed by atoms with van der Waals surface area (Å²) in [5.74, 6) is -0.626. The standard InChI is InChI=1S/C13H13F4S.ClH/c1-12(2,3)11-6-8-4-5-9(14)7-10(8)18(11)13(15,16)17;/h4-7H,1-3H3;1H/q+1;/p-1. The molecule has 1 atom stereocenters. The van der Waals surface area contributed by atoms with Gasteiger partial charge in [0.2, 0.25) is 0 Å². The zero-order chi connectivity index (χ0) is 13.7. The van der Waals surface area contributed by atoms with Crippen LogP contribution in [0, 0.1) is 5.82 Å². The molecule has 0 radical (unpaired) electrons. The molecule has 1 aromatic carbocycles. The second kappa shape index (κ2) is 4.94. The molecular formula is C13H13ClF4S. The molecule has 0 aliphatic rings. The zero-order valence-electron chi connectivity index (χ0n) is 10.6. The van der Waals surface area contributed by atoms with Crippen LogP contribution in [0.5, 0.6) is 0 Å². The lowest BCUT2D eigenvalue weighted by atomic mass is 9.94. The number of alkyl halides is 3. The molecular weight excluding hydrogens is 300 g/mol. The molecule has 0 spiro atoms. The molecule has 0 N–H and O–H groups in total. The van der Waals surface area contributed by atoms with Crippen molar-refractivity contribution in [3.63, 3.8) is 0 Å². The minimum atomic E-state index is -4.36. The van der Waals surface area contributed by atoms with Crippen LogP contribution in [0.4, 0.5) is 17.6 Å². The molecule has 2 aromatic rings. The molecule has 0 fully saturated rings. The topological polar surface area (TPSA) is 0 Å². The van der Waals surface area contributed by atoms with Crippen molar-refractivity contribution in [2.45, 2.75) is 31.7 Å². The van der Waals surface area contributed by atoms with Gasteiger partial charge in [-0.25, -0.2) is 4.39 Å². The molecule has 2 rings (SSSR count). The van der Waals surface area contributed by atoms with Crippen LogP contribution in [0.1, 0.15) is 25.6 Å². The van der Waals surface area contributed by atoms with Gasteiger partial charge < -0.3 is 12.4 Å². The van der Waals surface area contributed by atoms with Gasteiger partial charge in [0.1, 0.15) is 5.82 Å². The van der Waals surface area contributed by atoms with E-state index in [9.17, 15) is 17.6 Å². The Morgan fingerprint density at radius 1 is 1.00 bits per heavy atom. The first-order valence-electron chi connectivity index (χ1n) is 5.43. The molecule has 1 unspecified atom stereocenters. The van der Waals surface area contributed by atoms with Gasteiger partial charge in [0.05, 0.1) is 10.5 Å². The zero-order valence-corrected chi connectivity index (χ0v) is 12.2. The number of halogens is 5. The van der Waals surface area contributed by atoms with Crippen molar-refractivity contribution < 1.29 is 30.0 Å². The number of fused-ring (bicyclic) bond motifs is 1. The molecule has 1 aromatic heterocycles. The molecule has 0 nitrogen and oxygen atoms in total. The third kappa shape index (κ3) is 3.03. The van der Waals surface area contributed by atoms with Crippen LogP contribution >= 0.6 is 10.5 Å². The van der Waals surface area contributed by atoms with Gasteiger partial charge in [0.15, 0.2) is 9.58 Å². The first kappa shape index (κ1) is 16.2. The summed E-state index contributed by atoms with van der Waals surface area (Å²) in [5, 5.41) is 0.474. The maximum absolute atomic E-state index is 13.2. The van der Waals surface area contributed by atoms with Gasteiger partial charge in [-0.3, -0.25) is 0 Å². The molecule has 0 bridgehead atoms. The van der Waals surface area contributed by atoms with Crippen molar-refractivity contribution in [3.8, 4) is 0 Å². The summed E-state index contributed by atoms with van der Waals surface area (Å²) in [6.45, 7) is 5.23. The molecule has 19 heavy (non-hydrogen) atoms. The summed E-state index contributed by atoms with van der Waals surface area (Å²) in [5.41, 5.74) is -4.95. The van der Waals surface area contributed by atoms with Crippen LogP contribution in [0.15, 0.2) is 24.3 Å². The Labute approximate surface area is 117 Å². The monoisotopic (exact) mass is 312 g/mol. The van der Waals surface area contributed by atoms with Gasteiger partial charge in [-0.2, -0.15) is 0 Å². The van der Waals surface area contributed by atoms with Crippen LogP contribution < -0.4 is 12.4 Å². The highest BCUT2D eigenvalue weighted by atomic mass is 35.5. The van der Waals surface area contributed by atoms with Gasteiger partial charge >= 0.3 is 5.51 Å². The molecule has 0 saturated heterocycles. The predicted octanol–water partition coefficient (Wildman–Crippen LogP) is 2.51. The summed E-state index contributed by atoms with van der Waals surface area (Å²) < 4.78 is 52.8. The Kier molecular flexibility index (Phi) is 4.23. The van der Waals surface area contributed by atoms with Crippen LogP contribution in [0.25, 0.3) is 10.1 Å². The third-order valence-electron chi connectivity index (χ3n) is 2.67. The number of hydrogen-bond donors (Lipinski definition) is 0. The first-order valence-corrected chi connectivity index (χ1v) is 6.66. The van der Waals surface area contributed by atoms with Crippen LogP contribution in [0.2, 0.25) is 0 Å². The number of thiophene rings is 1. The summed E-state index contributed by atoms with van der Waals surface area (Å²) >= 11 is 0. The largest absolute Gasteiger partial charge is 1.00 e. The second-order valence-corrected chi connectivity index (χ2v) is 7.15. The van der Waals surface area contributed by atoms with Crippen molar-refractivity contribution in [2.24, 2.45) is 0 Å². The highest BCUT2D eigenvalue weighted by Gasteiger charge is 2.50. The quantitative estimate of drug-likeness (QED) is 0.518. The third-order valence-corrected chi connectivity index (χ3v) is 5.10. The first-order chi connectivity index (χ1) is 8.10. The lowest BCUT2D eigenvalue weighted by Gasteiger charge is -2.13. The van der Waals surface area contributed by atoms with E-state index in [1.54, 1.807) is 26.8 Å². The SMILES string of the molecule is CC(C)(C)c1cc2ccc(F)cc2[s+]1C(F)(F)F.[Cl-]. The van der Waals surface area contributed by atoms with Crippen LogP contribution in [-0.2, 0) is 10.9 Å². The maximum atomic E-state index is 13.2. The van der Waals surface area contributed by atoms with Crippen LogP contribution in [0.3, 0.4) is 0 Å². The Balaban J connectivity index is 0.00000180. The Morgan fingerprint density at radius 2 is 1.58 bits per heavy atom. The highest BCUT2D eigenvalue weighted by molar-refractivity contribution is 7.38. The Bertz CT molecular complexity index is 593. The van der Waals surface area contributed by atoms with Gasteiger partial charge in [-0.15, -0.1) is 13.2 Å². The molecule has 0 saturated carbocycles. The lowest BCUT2D eigenvalue weighted by molar-refractivity contribution is -0.0869. The van der Waals surface area contributed by atoms with Crippen molar-refractivity contribution in [1.29, 1.82) is 0 Å². The van der Waals surface area contributed by atoms with E-state index in [0.717, 1.165) is 6.07 Å². The summed E-state index contributed by atoms with van der Waals surface area (Å²) in [6, 6.07) is 5.15. The highest BCUT2D eigenvalue weighted by Crippen LogP contribution is 2.54. The predicted molar refractivity (Wildman–Crippen MR) is 66.4 cm³/mol. The number of hydrogen-bond acceptors (Lipinski definition) is 0. The molecule has 1 heterocycles.